The van der Waals surface area contributed by atoms with Gasteiger partial charge in [-0.3, -0.25) is 10.1 Å². The number of amides is 3. The van der Waals surface area contributed by atoms with Gasteiger partial charge in [0.25, 0.3) is 15.9 Å². The minimum Gasteiger partial charge on any atom is -0.437 e. The molecule has 2 unspecified atom stereocenters. The molecule has 1 aliphatic carbocycles. The number of carbonyl (C=O) groups is 2. The van der Waals surface area contributed by atoms with Crippen molar-refractivity contribution >= 4 is 37.9 Å². The van der Waals surface area contributed by atoms with E-state index in [-0.39, 0.29) is 23.5 Å². The lowest BCUT2D eigenvalue weighted by atomic mass is 9.96. The van der Waals surface area contributed by atoms with Gasteiger partial charge in [-0.05, 0) is 53.2 Å². The maximum absolute atomic E-state index is 12.1. The molecule has 0 aromatic carbocycles. The first-order valence-electron chi connectivity index (χ1n) is 6.69. The smallest absolute Gasteiger partial charge is 0.322 e. The molecule has 1 spiro atoms. The zero-order valence-electron chi connectivity index (χ0n) is 11.4. The molecule has 1 aromatic heterocycles. The molecule has 0 bridgehead atoms. The molecular formula is C12H14BrN3O5S. The molecule has 3 N–H and O–H groups in total. The standard InChI is InChI=1S/C12H14BrN3O5S/c13-8-1-2-9(21-8)22(19,20)14-6-7-3-4-12(5-7)10(17)15-11(18)16-12/h1-2,7,14H,3-6H2,(H2,15,16,17,18). The first-order valence-corrected chi connectivity index (χ1v) is 8.97. The quantitative estimate of drug-likeness (QED) is 0.652. The molecule has 22 heavy (non-hydrogen) atoms. The van der Waals surface area contributed by atoms with Crippen molar-refractivity contribution in [3.63, 3.8) is 0 Å². The van der Waals surface area contributed by atoms with Crippen LogP contribution >= 0.6 is 15.9 Å². The van der Waals surface area contributed by atoms with Crippen LogP contribution in [0, 0.1) is 5.92 Å². The van der Waals surface area contributed by atoms with Crippen molar-refractivity contribution in [2.75, 3.05) is 6.54 Å². The fourth-order valence-corrected chi connectivity index (χ4v) is 4.37. The van der Waals surface area contributed by atoms with Crippen LogP contribution < -0.4 is 15.4 Å². The highest BCUT2D eigenvalue weighted by atomic mass is 79.9. The van der Waals surface area contributed by atoms with E-state index < -0.39 is 21.6 Å². The Bertz CT molecular complexity index is 731. The van der Waals surface area contributed by atoms with Crippen molar-refractivity contribution in [1.29, 1.82) is 0 Å². The normalized spacial score (nSPS) is 28.1. The molecule has 8 nitrogen and oxygen atoms in total. The second-order valence-electron chi connectivity index (χ2n) is 5.51. The van der Waals surface area contributed by atoms with Gasteiger partial charge in [0.05, 0.1) is 0 Å². The second kappa shape index (κ2) is 5.36. The maximum atomic E-state index is 12.1. The Morgan fingerprint density at radius 2 is 2.18 bits per heavy atom. The number of furan rings is 1. The zero-order valence-corrected chi connectivity index (χ0v) is 13.8. The van der Waals surface area contributed by atoms with Crippen LogP contribution in [0.3, 0.4) is 0 Å². The molecule has 3 amide bonds. The largest absolute Gasteiger partial charge is 0.437 e. The fourth-order valence-electron chi connectivity index (χ4n) is 2.91. The molecule has 0 radical (unpaired) electrons. The SMILES string of the molecule is O=C1NC(=O)C2(CCC(CNS(=O)(=O)c3ccc(Br)o3)C2)N1. The van der Waals surface area contributed by atoms with E-state index in [4.69, 9.17) is 4.42 Å². The van der Waals surface area contributed by atoms with E-state index in [0.717, 1.165) is 0 Å². The van der Waals surface area contributed by atoms with Crippen molar-refractivity contribution in [3.05, 3.63) is 16.8 Å². The average Bonchev–Trinajstić information content (AvgIpc) is 3.10. The molecule has 3 rings (SSSR count). The first-order chi connectivity index (χ1) is 10.3. The summed E-state index contributed by atoms with van der Waals surface area (Å²) in [6, 6.07) is 2.36. The van der Waals surface area contributed by atoms with Gasteiger partial charge in [-0.15, -0.1) is 0 Å². The number of urea groups is 1. The van der Waals surface area contributed by atoms with Gasteiger partial charge < -0.3 is 9.73 Å². The Hall–Kier alpha value is -1.39. The summed E-state index contributed by atoms with van der Waals surface area (Å²) in [4.78, 5) is 23.1. The number of rotatable bonds is 4. The second-order valence-corrected chi connectivity index (χ2v) is 7.99. The van der Waals surface area contributed by atoms with Gasteiger partial charge in [0.15, 0.2) is 4.67 Å². The van der Waals surface area contributed by atoms with E-state index in [0.29, 0.717) is 23.9 Å². The predicted octanol–water partition coefficient (Wildman–Crippen LogP) is 0.699. The zero-order chi connectivity index (χ0) is 16.0. The lowest BCUT2D eigenvalue weighted by Crippen LogP contribution is -2.44. The fraction of sp³-hybridized carbons (Fsp3) is 0.500. The van der Waals surface area contributed by atoms with Crippen molar-refractivity contribution in [2.24, 2.45) is 5.92 Å². The van der Waals surface area contributed by atoms with E-state index in [1.165, 1.54) is 12.1 Å². The van der Waals surface area contributed by atoms with Gasteiger partial charge in [0.1, 0.15) is 5.54 Å². The lowest BCUT2D eigenvalue weighted by molar-refractivity contribution is -0.123. The molecule has 2 atom stereocenters. The molecule has 1 aromatic rings. The predicted molar refractivity (Wildman–Crippen MR) is 78.3 cm³/mol. The minimum atomic E-state index is -3.72. The number of carbonyl (C=O) groups excluding carboxylic acids is 2. The van der Waals surface area contributed by atoms with Crippen LogP contribution in [0.1, 0.15) is 19.3 Å². The molecule has 1 aliphatic heterocycles. The third-order valence-electron chi connectivity index (χ3n) is 4.01. The van der Waals surface area contributed by atoms with Gasteiger partial charge in [-0.25, -0.2) is 17.9 Å². The summed E-state index contributed by atoms with van der Waals surface area (Å²) < 4.78 is 32.0. The molecule has 2 aliphatic rings. The summed E-state index contributed by atoms with van der Waals surface area (Å²) >= 11 is 3.05. The Morgan fingerprint density at radius 1 is 1.41 bits per heavy atom. The maximum Gasteiger partial charge on any atom is 0.322 e. The highest BCUT2D eigenvalue weighted by molar-refractivity contribution is 9.10. The van der Waals surface area contributed by atoms with Crippen molar-refractivity contribution in [3.8, 4) is 0 Å². The van der Waals surface area contributed by atoms with E-state index in [1.54, 1.807) is 0 Å². The number of nitrogens with one attached hydrogen (secondary N) is 3. The summed E-state index contributed by atoms with van der Waals surface area (Å²) in [5.41, 5.74) is -0.888. The summed E-state index contributed by atoms with van der Waals surface area (Å²) in [6.07, 6.45) is 1.57. The van der Waals surface area contributed by atoms with Crippen LogP contribution in [0.2, 0.25) is 0 Å². The van der Waals surface area contributed by atoms with Gasteiger partial charge in [-0.2, -0.15) is 0 Å². The number of halogens is 1. The number of imide groups is 1. The highest BCUT2D eigenvalue weighted by Gasteiger charge is 2.50. The lowest BCUT2D eigenvalue weighted by Gasteiger charge is -2.19. The summed E-state index contributed by atoms with van der Waals surface area (Å²) in [5.74, 6) is -0.366. The van der Waals surface area contributed by atoms with Gasteiger partial charge in [0, 0.05) is 6.54 Å². The Balaban J connectivity index is 1.62. The van der Waals surface area contributed by atoms with E-state index >= 15 is 0 Å². The summed E-state index contributed by atoms with van der Waals surface area (Å²) in [5, 5.41) is 4.70. The van der Waals surface area contributed by atoms with Crippen LogP contribution in [0.5, 0.6) is 0 Å². The molecule has 1 saturated heterocycles. The average molecular weight is 392 g/mol. The third-order valence-corrected chi connectivity index (χ3v) is 5.73. The number of hydrogen-bond acceptors (Lipinski definition) is 5. The van der Waals surface area contributed by atoms with Gasteiger partial charge >= 0.3 is 6.03 Å². The monoisotopic (exact) mass is 391 g/mol. The first kappa shape index (κ1) is 15.5. The molecule has 2 heterocycles. The van der Waals surface area contributed by atoms with Crippen molar-refractivity contribution in [2.45, 2.75) is 29.9 Å². The molecule has 1 saturated carbocycles. The summed E-state index contributed by atoms with van der Waals surface area (Å²) in [7, 11) is -3.72. The number of sulfonamides is 1. The van der Waals surface area contributed by atoms with Crippen LogP contribution in [-0.4, -0.2) is 32.4 Å². The van der Waals surface area contributed by atoms with Crippen LogP contribution in [-0.2, 0) is 14.8 Å². The molecular weight excluding hydrogens is 378 g/mol. The summed E-state index contributed by atoms with van der Waals surface area (Å²) in [6.45, 7) is 0.186. The van der Waals surface area contributed by atoms with E-state index in [1.807, 2.05) is 0 Å². The highest BCUT2D eigenvalue weighted by Crippen LogP contribution is 2.36. The van der Waals surface area contributed by atoms with Crippen LogP contribution in [0.15, 0.2) is 26.3 Å². The number of hydrogen-bond donors (Lipinski definition) is 3. The minimum absolute atomic E-state index is 0.0303. The van der Waals surface area contributed by atoms with Crippen LogP contribution in [0.25, 0.3) is 0 Å². The Kier molecular flexibility index (Phi) is 3.77. The third kappa shape index (κ3) is 2.77. The van der Waals surface area contributed by atoms with Gasteiger partial charge in [-0.1, -0.05) is 0 Å². The molecule has 120 valence electrons. The topological polar surface area (TPSA) is 118 Å². The van der Waals surface area contributed by atoms with Crippen LogP contribution in [0.4, 0.5) is 4.79 Å². The Labute approximate surface area is 135 Å². The molecule has 2 fully saturated rings. The Morgan fingerprint density at radius 3 is 2.77 bits per heavy atom. The van der Waals surface area contributed by atoms with Crippen molar-refractivity contribution in [1.82, 2.24) is 15.4 Å². The van der Waals surface area contributed by atoms with Gasteiger partial charge in [0.2, 0.25) is 5.09 Å². The molecule has 10 heteroatoms. The van der Waals surface area contributed by atoms with E-state index in [2.05, 4.69) is 31.3 Å². The van der Waals surface area contributed by atoms with Crippen molar-refractivity contribution < 1.29 is 22.4 Å². The van der Waals surface area contributed by atoms with E-state index in [9.17, 15) is 18.0 Å².